The van der Waals surface area contributed by atoms with Crippen molar-refractivity contribution < 1.29 is 0 Å². The fourth-order valence-corrected chi connectivity index (χ4v) is 2.96. The third kappa shape index (κ3) is 3.57. The average molecular weight is 270 g/mol. The molecule has 2 atom stereocenters. The topological polar surface area (TPSA) is 24.9 Å². The van der Waals surface area contributed by atoms with Crippen molar-refractivity contribution in [2.75, 3.05) is 6.54 Å². The van der Waals surface area contributed by atoms with Crippen molar-refractivity contribution >= 4 is 10.9 Å². The molecular weight excluding hydrogens is 244 g/mol. The summed E-state index contributed by atoms with van der Waals surface area (Å²) in [5, 5.41) is 4.95. The molecule has 1 aromatic heterocycles. The van der Waals surface area contributed by atoms with Crippen LogP contribution in [0.3, 0.4) is 0 Å². The molecule has 1 aromatic carbocycles. The van der Waals surface area contributed by atoms with Crippen LogP contribution in [-0.2, 0) is 6.42 Å². The Balaban J connectivity index is 2.24. The Labute approximate surface area is 122 Å². The van der Waals surface area contributed by atoms with E-state index in [1.54, 1.807) is 0 Å². The molecule has 2 rings (SSSR count). The molecule has 0 fully saturated rings. The highest BCUT2D eigenvalue weighted by Crippen LogP contribution is 2.21. The van der Waals surface area contributed by atoms with Gasteiger partial charge in [0, 0.05) is 17.6 Å². The van der Waals surface area contributed by atoms with Crippen molar-refractivity contribution in [1.29, 1.82) is 0 Å². The summed E-state index contributed by atoms with van der Waals surface area (Å²) in [5.74, 6) is 0.701. The minimum atomic E-state index is 0.547. The number of nitrogens with zero attached hydrogens (tertiary/aromatic N) is 1. The number of pyridine rings is 1. The van der Waals surface area contributed by atoms with Gasteiger partial charge in [-0.05, 0) is 43.0 Å². The number of aromatic nitrogens is 1. The second-order valence-corrected chi connectivity index (χ2v) is 5.62. The van der Waals surface area contributed by atoms with Crippen molar-refractivity contribution in [1.82, 2.24) is 10.3 Å². The normalized spacial score (nSPS) is 14.3. The minimum Gasteiger partial charge on any atom is -0.314 e. The highest BCUT2D eigenvalue weighted by Gasteiger charge is 2.17. The van der Waals surface area contributed by atoms with Gasteiger partial charge in [0.15, 0.2) is 0 Å². The van der Waals surface area contributed by atoms with E-state index in [2.05, 4.69) is 61.4 Å². The Hall–Kier alpha value is -1.41. The van der Waals surface area contributed by atoms with Crippen LogP contribution in [0.4, 0.5) is 0 Å². The molecule has 0 aliphatic heterocycles. The van der Waals surface area contributed by atoms with E-state index in [1.807, 2.05) is 6.20 Å². The van der Waals surface area contributed by atoms with E-state index < -0.39 is 0 Å². The largest absolute Gasteiger partial charge is 0.314 e. The highest BCUT2D eigenvalue weighted by molar-refractivity contribution is 5.81. The maximum Gasteiger partial charge on any atom is 0.0704 e. The van der Waals surface area contributed by atoms with Crippen molar-refractivity contribution in [3.63, 3.8) is 0 Å². The van der Waals surface area contributed by atoms with Gasteiger partial charge in [0.25, 0.3) is 0 Å². The Morgan fingerprint density at radius 3 is 2.70 bits per heavy atom. The van der Waals surface area contributed by atoms with E-state index in [1.165, 1.54) is 23.8 Å². The maximum absolute atomic E-state index is 4.46. The lowest BCUT2D eigenvalue weighted by Gasteiger charge is -2.25. The van der Waals surface area contributed by atoms with Crippen LogP contribution < -0.4 is 5.32 Å². The van der Waals surface area contributed by atoms with Gasteiger partial charge in [0.1, 0.15) is 0 Å². The van der Waals surface area contributed by atoms with Crippen molar-refractivity contribution in [3.8, 4) is 0 Å². The molecule has 108 valence electrons. The molecule has 0 bridgehead atoms. The SMILES string of the molecule is CCCC(C)C(Cc1ccnc2ccccc12)NCC. The molecular formula is C18H26N2. The Bertz CT molecular complexity index is 530. The number of fused-ring (bicyclic) bond motifs is 1. The number of hydrogen-bond acceptors (Lipinski definition) is 2. The van der Waals surface area contributed by atoms with Gasteiger partial charge in [-0.3, -0.25) is 4.98 Å². The zero-order chi connectivity index (χ0) is 14.4. The summed E-state index contributed by atoms with van der Waals surface area (Å²) in [7, 11) is 0. The summed E-state index contributed by atoms with van der Waals surface area (Å²) in [6.07, 6.45) is 5.55. The van der Waals surface area contributed by atoms with Crippen LogP contribution in [-0.4, -0.2) is 17.6 Å². The quantitative estimate of drug-likeness (QED) is 0.816. The van der Waals surface area contributed by atoms with Gasteiger partial charge in [-0.1, -0.05) is 45.4 Å². The number of rotatable bonds is 7. The van der Waals surface area contributed by atoms with E-state index in [-0.39, 0.29) is 0 Å². The van der Waals surface area contributed by atoms with Gasteiger partial charge in [-0.2, -0.15) is 0 Å². The van der Waals surface area contributed by atoms with E-state index in [0.29, 0.717) is 12.0 Å². The predicted octanol–water partition coefficient (Wildman–Crippen LogP) is 4.19. The number of nitrogens with one attached hydrogen (secondary N) is 1. The van der Waals surface area contributed by atoms with Crippen LogP contribution in [0.15, 0.2) is 36.5 Å². The van der Waals surface area contributed by atoms with Gasteiger partial charge in [0.2, 0.25) is 0 Å². The molecule has 0 spiro atoms. The predicted molar refractivity (Wildman–Crippen MR) is 87.0 cm³/mol. The number of likely N-dealkylation sites (N-methyl/N-ethyl adjacent to an activating group) is 1. The van der Waals surface area contributed by atoms with Crippen LogP contribution in [0.25, 0.3) is 10.9 Å². The van der Waals surface area contributed by atoms with Crippen LogP contribution in [0.1, 0.15) is 39.2 Å². The highest BCUT2D eigenvalue weighted by atomic mass is 14.9. The van der Waals surface area contributed by atoms with Gasteiger partial charge < -0.3 is 5.32 Å². The fraction of sp³-hybridized carbons (Fsp3) is 0.500. The second-order valence-electron chi connectivity index (χ2n) is 5.62. The molecule has 1 heterocycles. The molecule has 1 N–H and O–H groups in total. The number of benzene rings is 1. The summed E-state index contributed by atoms with van der Waals surface area (Å²) >= 11 is 0. The number of para-hydroxylation sites is 1. The first-order valence-corrected chi connectivity index (χ1v) is 7.82. The van der Waals surface area contributed by atoms with Crippen LogP contribution in [0.5, 0.6) is 0 Å². The first-order valence-electron chi connectivity index (χ1n) is 7.82. The van der Waals surface area contributed by atoms with Gasteiger partial charge in [0.05, 0.1) is 5.52 Å². The average Bonchev–Trinajstić information content (AvgIpc) is 2.47. The lowest BCUT2D eigenvalue weighted by Crippen LogP contribution is -2.36. The van der Waals surface area contributed by atoms with Gasteiger partial charge in [-0.25, -0.2) is 0 Å². The molecule has 2 nitrogen and oxygen atoms in total. The number of hydrogen-bond donors (Lipinski definition) is 1. The third-order valence-corrected chi connectivity index (χ3v) is 4.08. The Morgan fingerprint density at radius 1 is 1.15 bits per heavy atom. The van der Waals surface area contributed by atoms with Crippen molar-refractivity contribution in [3.05, 3.63) is 42.1 Å². The summed E-state index contributed by atoms with van der Waals surface area (Å²) < 4.78 is 0. The van der Waals surface area contributed by atoms with Crippen LogP contribution >= 0.6 is 0 Å². The molecule has 2 aromatic rings. The Morgan fingerprint density at radius 2 is 1.95 bits per heavy atom. The molecule has 0 radical (unpaired) electrons. The molecule has 20 heavy (non-hydrogen) atoms. The molecule has 0 saturated carbocycles. The summed E-state index contributed by atoms with van der Waals surface area (Å²) in [6.45, 7) is 7.85. The lowest BCUT2D eigenvalue weighted by atomic mass is 9.90. The molecule has 2 heteroatoms. The van der Waals surface area contributed by atoms with E-state index in [9.17, 15) is 0 Å². The van der Waals surface area contributed by atoms with Crippen LogP contribution in [0.2, 0.25) is 0 Å². The molecule has 2 unspecified atom stereocenters. The van der Waals surface area contributed by atoms with Crippen molar-refractivity contribution in [2.45, 2.75) is 46.1 Å². The molecule has 0 saturated heterocycles. The van der Waals surface area contributed by atoms with E-state index in [0.717, 1.165) is 18.5 Å². The minimum absolute atomic E-state index is 0.547. The standard InChI is InChI=1S/C18H26N2/c1-4-8-14(3)18(19-5-2)13-15-11-12-20-17-10-7-6-9-16(15)17/h6-7,9-12,14,18-19H,4-5,8,13H2,1-3H3. The van der Waals surface area contributed by atoms with Crippen LogP contribution in [0, 0.1) is 5.92 Å². The third-order valence-electron chi connectivity index (χ3n) is 4.08. The second kappa shape index (κ2) is 7.39. The molecule has 0 aliphatic carbocycles. The van der Waals surface area contributed by atoms with E-state index >= 15 is 0 Å². The fourth-order valence-electron chi connectivity index (χ4n) is 2.96. The maximum atomic E-state index is 4.46. The first kappa shape index (κ1) is 15.0. The van der Waals surface area contributed by atoms with Gasteiger partial charge >= 0.3 is 0 Å². The zero-order valence-corrected chi connectivity index (χ0v) is 12.9. The summed E-state index contributed by atoms with van der Waals surface area (Å²) in [6, 6.07) is 11.2. The molecule has 0 aliphatic rings. The van der Waals surface area contributed by atoms with Crippen molar-refractivity contribution in [2.24, 2.45) is 5.92 Å². The molecule has 0 amide bonds. The lowest BCUT2D eigenvalue weighted by molar-refractivity contribution is 0.358. The monoisotopic (exact) mass is 270 g/mol. The van der Waals surface area contributed by atoms with E-state index in [4.69, 9.17) is 0 Å². The smallest absolute Gasteiger partial charge is 0.0704 e. The zero-order valence-electron chi connectivity index (χ0n) is 12.9. The summed E-state index contributed by atoms with van der Waals surface area (Å²) in [4.78, 5) is 4.46. The summed E-state index contributed by atoms with van der Waals surface area (Å²) in [5.41, 5.74) is 2.51. The van der Waals surface area contributed by atoms with Gasteiger partial charge in [-0.15, -0.1) is 0 Å². The first-order chi connectivity index (χ1) is 9.76. The Kier molecular flexibility index (Phi) is 5.54.